The third-order valence-corrected chi connectivity index (χ3v) is 1.40. The highest BCUT2D eigenvalue weighted by Crippen LogP contribution is 1.90. The molecule has 0 saturated carbocycles. The van der Waals surface area contributed by atoms with E-state index in [9.17, 15) is 4.79 Å². The Morgan fingerprint density at radius 3 is 2.78 bits per heavy atom. The Morgan fingerprint density at radius 2 is 2.33 bits per heavy atom. The van der Waals surface area contributed by atoms with Crippen LogP contribution in [0, 0.1) is 4.77 Å². The summed E-state index contributed by atoms with van der Waals surface area (Å²) in [6, 6.07) is 0. The van der Waals surface area contributed by atoms with E-state index in [1.807, 2.05) is 0 Å². The maximum atomic E-state index is 10.6. The van der Waals surface area contributed by atoms with Crippen LogP contribution >= 0.6 is 28.1 Å². The van der Waals surface area contributed by atoms with E-state index in [1.165, 1.54) is 0 Å². The van der Waals surface area contributed by atoms with E-state index in [2.05, 4.69) is 43.3 Å². The maximum Gasteiger partial charge on any atom is 0.285 e. The van der Waals surface area contributed by atoms with Crippen molar-refractivity contribution >= 4 is 28.1 Å². The van der Waals surface area contributed by atoms with Crippen LogP contribution in [0.3, 0.4) is 0 Å². The summed E-state index contributed by atoms with van der Waals surface area (Å²) in [6.45, 7) is 0. The van der Waals surface area contributed by atoms with Gasteiger partial charge in [-0.15, -0.1) is 0 Å². The van der Waals surface area contributed by atoms with Crippen LogP contribution in [0.4, 0.5) is 0 Å². The van der Waals surface area contributed by atoms with E-state index in [4.69, 9.17) is 0 Å². The van der Waals surface area contributed by atoms with E-state index in [1.54, 1.807) is 0 Å². The molecule has 0 spiro atoms. The molecule has 0 aliphatic rings. The Hall–Kier alpha value is -0.490. The summed E-state index contributed by atoms with van der Waals surface area (Å²) in [5, 5.41) is 5.92. The number of halogens is 1. The molecule has 1 aromatic rings. The van der Waals surface area contributed by atoms with Gasteiger partial charge in [0, 0.05) is 0 Å². The molecule has 0 radical (unpaired) electrons. The van der Waals surface area contributed by atoms with Crippen molar-refractivity contribution in [3.8, 4) is 0 Å². The predicted octanol–water partition coefficient (Wildman–Crippen LogP) is 0.590. The Balaban J connectivity index is 3.52. The second kappa shape index (κ2) is 2.40. The Kier molecular flexibility index (Phi) is 1.77. The molecule has 0 saturated heterocycles. The van der Waals surface area contributed by atoms with Crippen LogP contribution in [0.1, 0.15) is 0 Å². The van der Waals surface area contributed by atoms with Gasteiger partial charge in [-0.3, -0.25) is 14.9 Å². The lowest BCUT2D eigenvalue weighted by Crippen LogP contribution is -2.09. The lowest BCUT2D eigenvalue weighted by molar-refractivity contribution is 0.899. The Morgan fingerprint density at radius 1 is 1.67 bits per heavy atom. The normalized spacial score (nSPS) is 9.44. The highest BCUT2D eigenvalue weighted by Gasteiger charge is 1.91. The van der Waals surface area contributed by atoms with Crippen LogP contribution in [-0.2, 0) is 0 Å². The van der Waals surface area contributed by atoms with Crippen molar-refractivity contribution in [2.45, 2.75) is 0 Å². The summed E-state index contributed by atoms with van der Waals surface area (Å²) in [7, 11) is 0. The van der Waals surface area contributed by atoms with Gasteiger partial charge in [0.05, 0.1) is 0 Å². The topological polar surface area (TPSA) is 61.5 Å². The van der Waals surface area contributed by atoms with Crippen LogP contribution in [0.15, 0.2) is 9.40 Å². The SMILES string of the molecule is O=c1[nH]c(=S)[nH]nc1Br. The van der Waals surface area contributed by atoms with Gasteiger partial charge in [0.15, 0.2) is 9.37 Å². The molecule has 48 valence electrons. The predicted molar refractivity (Wildman–Crippen MR) is 37.7 cm³/mol. The standard InChI is InChI=1S/C3H2BrN3OS/c4-1-2(8)5-3(9)7-6-1/h(H2,5,7,8,9). The molecule has 2 N–H and O–H groups in total. The smallest absolute Gasteiger partial charge is 0.285 e. The number of rotatable bonds is 0. The lowest BCUT2D eigenvalue weighted by atomic mass is 10.9. The first-order valence-electron chi connectivity index (χ1n) is 2.04. The highest BCUT2D eigenvalue weighted by molar-refractivity contribution is 9.10. The van der Waals surface area contributed by atoms with Crippen LogP contribution in [0.25, 0.3) is 0 Å². The van der Waals surface area contributed by atoms with E-state index < -0.39 is 0 Å². The van der Waals surface area contributed by atoms with Gasteiger partial charge in [0.25, 0.3) is 5.56 Å². The average molecular weight is 208 g/mol. The molecule has 4 nitrogen and oxygen atoms in total. The molecule has 1 rings (SSSR count). The molecular weight excluding hydrogens is 206 g/mol. The van der Waals surface area contributed by atoms with E-state index >= 15 is 0 Å². The first kappa shape index (κ1) is 6.63. The number of aromatic amines is 2. The van der Waals surface area contributed by atoms with Crippen molar-refractivity contribution in [3.63, 3.8) is 0 Å². The van der Waals surface area contributed by atoms with Gasteiger partial charge in [0.2, 0.25) is 0 Å². The fraction of sp³-hybridized carbons (Fsp3) is 0. The van der Waals surface area contributed by atoms with Gasteiger partial charge in [-0.05, 0) is 28.1 Å². The molecule has 0 aromatic carbocycles. The second-order valence-electron chi connectivity index (χ2n) is 1.30. The molecule has 0 aliphatic heterocycles. The van der Waals surface area contributed by atoms with Gasteiger partial charge in [-0.25, -0.2) is 0 Å². The zero-order chi connectivity index (χ0) is 6.85. The molecule has 0 fully saturated rings. The van der Waals surface area contributed by atoms with E-state index in [0.29, 0.717) is 0 Å². The molecular formula is C3H2BrN3OS. The van der Waals surface area contributed by atoms with Crippen LogP contribution in [-0.4, -0.2) is 15.2 Å². The van der Waals surface area contributed by atoms with Crippen molar-refractivity contribution in [1.29, 1.82) is 0 Å². The van der Waals surface area contributed by atoms with E-state index in [-0.39, 0.29) is 14.9 Å². The number of hydrogen-bond acceptors (Lipinski definition) is 3. The quantitative estimate of drug-likeness (QED) is 0.613. The maximum absolute atomic E-state index is 10.6. The van der Waals surface area contributed by atoms with Gasteiger partial charge in [-0.1, -0.05) is 0 Å². The van der Waals surface area contributed by atoms with Gasteiger partial charge in [-0.2, -0.15) is 5.10 Å². The monoisotopic (exact) mass is 207 g/mol. The average Bonchev–Trinajstić information content (AvgIpc) is 1.80. The summed E-state index contributed by atoms with van der Waals surface area (Å²) >= 11 is 7.46. The summed E-state index contributed by atoms with van der Waals surface area (Å²) in [5.74, 6) is 0. The van der Waals surface area contributed by atoms with Crippen molar-refractivity contribution in [1.82, 2.24) is 15.2 Å². The fourth-order valence-electron chi connectivity index (χ4n) is 0.333. The van der Waals surface area contributed by atoms with Crippen molar-refractivity contribution in [2.75, 3.05) is 0 Å². The van der Waals surface area contributed by atoms with Gasteiger partial charge in [0.1, 0.15) is 0 Å². The molecule has 0 aliphatic carbocycles. The number of aromatic nitrogens is 3. The Labute approximate surface area is 63.4 Å². The molecule has 1 heterocycles. The Bertz CT molecular complexity index is 315. The van der Waals surface area contributed by atoms with Crippen molar-refractivity contribution in [3.05, 3.63) is 19.7 Å². The third-order valence-electron chi connectivity index (χ3n) is 0.670. The fourth-order valence-corrected chi connectivity index (χ4v) is 0.659. The summed E-state index contributed by atoms with van der Waals surface area (Å²) in [4.78, 5) is 12.9. The number of H-pyrrole nitrogens is 2. The molecule has 0 unspecified atom stereocenters. The summed E-state index contributed by atoms with van der Waals surface area (Å²) < 4.78 is 0.430. The van der Waals surface area contributed by atoms with Crippen LogP contribution in [0.5, 0.6) is 0 Å². The zero-order valence-corrected chi connectivity index (χ0v) is 6.54. The zero-order valence-electron chi connectivity index (χ0n) is 4.14. The van der Waals surface area contributed by atoms with Gasteiger partial charge >= 0.3 is 0 Å². The van der Waals surface area contributed by atoms with E-state index in [0.717, 1.165) is 0 Å². The first-order chi connectivity index (χ1) is 4.20. The minimum Gasteiger partial charge on any atom is -0.296 e. The lowest BCUT2D eigenvalue weighted by Gasteiger charge is -1.83. The second-order valence-corrected chi connectivity index (χ2v) is 2.46. The van der Waals surface area contributed by atoms with Crippen molar-refractivity contribution in [2.24, 2.45) is 0 Å². The molecule has 0 amide bonds. The van der Waals surface area contributed by atoms with Crippen LogP contribution < -0.4 is 5.56 Å². The first-order valence-corrected chi connectivity index (χ1v) is 3.25. The molecule has 1 aromatic heterocycles. The van der Waals surface area contributed by atoms with Crippen LogP contribution in [0.2, 0.25) is 0 Å². The molecule has 6 heteroatoms. The number of nitrogens with zero attached hydrogens (tertiary/aromatic N) is 1. The van der Waals surface area contributed by atoms with Crippen molar-refractivity contribution < 1.29 is 0 Å². The summed E-state index contributed by atoms with van der Waals surface area (Å²) in [6.07, 6.45) is 0. The molecule has 0 atom stereocenters. The molecule has 9 heavy (non-hydrogen) atoms. The number of hydrogen-bond donors (Lipinski definition) is 2. The number of nitrogens with one attached hydrogen (secondary N) is 2. The minimum absolute atomic E-state index is 0.205. The highest BCUT2D eigenvalue weighted by atomic mass is 79.9. The largest absolute Gasteiger partial charge is 0.296 e. The minimum atomic E-state index is -0.321. The molecule has 0 bridgehead atoms. The van der Waals surface area contributed by atoms with Gasteiger partial charge < -0.3 is 0 Å². The summed E-state index contributed by atoms with van der Waals surface area (Å²) in [5.41, 5.74) is -0.321. The third kappa shape index (κ3) is 1.46.